The summed E-state index contributed by atoms with van der Waals surface area (Å²) < 4.78 is 32.5. The van der Waals surface area contributed by atoms with E-state index in [0.717, 1.165) is 0 Å². The SMILES string of the molecule is COCOc1cc(/C=C(\F)Br)cc(OCOC)c1. The lowest BCUT2D eigenvalue weighted by atomic mass is 10.2. The van der Waals surface area contributed by atoms with Crippen molar-refractivity contribution in [1.82, 2.24) is 0 Å². The fraction of sp³-hybridized carbons (Fsp3) is 0.333. The van der Waals surface area contributed by atoms with Crippen LogP contribution in [-0.4, -0.2) is 27.8 Å². The summed E-state index contributed by atoms with van der Waals surface area (Å²) in [4.78, 5) is 0. The molecule has 0 bridgehead atoms. The molecule has 0 saturated carbocycles. The topological polar surface area (TPSA) is 36.9 Å². The molecular formula is C12H14BrFO4. The summed E-state index contributed by atoms with van der Waals surface area (Å²) >= 11 is 2.73. The van der Waals surface area contributed by atoms with Crippen LogP contribution in [0.4, 0.5) is 4.39 Å². The minimum absolute atomic E-state index is 0.105. The van der Waals surface area contributed by atoms with Crippen LogP contribution in [0, 0.1) is 0 Å². The lowest BCUT2D eigenvalue weighted by molar-refractivity contribution is 0.0460. The zero-order chi connectivity index (χ0) is 13.4. The van der Waals surface area contributed by atoms with Crippen LogP contribution in [0.1, 0.15) is 5.56 Å². The van der Waals surface area contributed by atoms with Crippen molar-refractivity contribution in [2.45, 2.75) is 0 Å². The highest BCUT2D eigenvalue weighted by Crippen LogP contribution is 2.25. The Bertz CT molecular complexity index is 379. The summed E-state index contributed by atoms with van der Waals surface area (Å²) in [6, 6.07) is 5.00. The Labute approximate surface area is 113 Å². The van der Waals surface area contributed by atoms with E-state index >= 15 is 0 Å². The smallest absolute Gasteiger partial charge is 0.188 e. The average Bonchev–Trinajstić information content (AvgIpc) is 2.33. The van der Waals surface area contributed by atoms with Gasteiger partial charge in [0, 0.05) is 20.3 Å². The number of benzene rings is 1. The molecule has 0 unspecified atom stereocenters. The largest absolute Gasteiger partial charge is 0.467 e. The third-order valence-electron chi connectivity index (χ3n) is 1.87. The normalized spacial score (nSPS) is 11.4. The van der Waals surface area contributed by atoms with E-state index in [4.69, 9.17) is 18.9 Å². The van der Waals surface area contributed by atoms with Gasteiger partial charge in [-0.05, 0) is 39.7 Å². The summed E-state index contributed by atoms with van der Waals surface area (Å²) in [7, 11) is 3.04. The molecule has 1 aromatic rings. The molecule has 100 valence electrons. The minimum atomic E-state index is -0.482. The van der Waals surface area contributed by atoms with Gasteiger partial charge in [0.05, 0.1) is 0 Å². The quantitative estimate of drug-likeness (QED) is 0.722. The summed E-state index contributed by atoms with van der Waals surface area (Å²) in [5, 5.41) is 0. The number of halogens is 2. The van der Waals surface area contributed by atoms with Crippen molar-refractivity contribution in [2.24, 2.45) is 0 Å². The summed E-state index contributed by atoms with van der Waals surface area (Å²) in [6.07, 6.45) is 1.30. The highest BCUT2D eigenvalue weighted by Gasteiger charge is 2.03. The van der Waals surface area contributed by atoms with Crippen molar-refractivity contribution in [1.29, 1.82) is 0 Å². The molecule has 0 aliphatic heterocycles. The Balaban J connectivity index is 2.92. The Morgan fingerprint density at radius 3 is 2.00 bits per heavy atom. The zero-order valence-electron chi connectivity index (χ0n) is 10.1. The standard InChI is InChI=1S/C12H14BrFO4/c1-15-7-17-10-3-9(5-12(13)14)4-11(6-10)18-8-16-2/h3-6H,7-8H2,1-2H3/b12-5-. The van der Waals surface area contributed by atoms with Crippen molar-refractivity contribution in [2.75, 3.05) is 27.8 Å². The maximum atomic E-state index is 12.8. The molecule has 0 N–H and O–H groups in total. The first-order valence-electron chi connectivity index (χ1n) is 5.07. The van der Waals surface area contributed by atoms with E-state index in [9.17, 15) is 4.39 Å². The van der Waals surface area contributed by atoms with Gasteiger partial charge in [-0.15, -0.1) is 0 Å². The van der Waals surface area contributed by atoms with Crippen molar-refractivity contribution < 1.29 is 23.3 Å². The van der Waals surface area contributed by atoms with Gasteiger partial charge < -0.3 is 18.9 Å². The number of rotatable bonds is 7. The molecule has 18 heavy (non-hydrogen) atoms. The van der Waals surface area contributed by atoms with E-state index in [1.54, 1.807) is 18.2 Å². The molecule has 0 spiro atoms. The third-order valence-corrected chi connectivity index (χ3v) is 2.09. The van der Waals surface area contributed by atoms with Gasteiger partial charge in [0.1, 0.15) is 11.5 Å². The molecule has 0 aromatic heterocycles. The Morgan fingerprint density at radius 1 is 1.11 bits per heavy atom. The van der Waals surface area contributed by atoms with Gasteiger partial charge in [0.25, 0.3) is 0 Å². The van der Waals surface area contributed by atoms with Crippen molar-refractivity contribution in [3.05, 3.63) is 28.5 Å². The predicted molar refractivity (Wildman–Crippen MR) is 69.5 cm³/mol. The van der Waals surface area contributed by atoms with E-state index < -0.39 is 4.74 Å². The molecule has 0 atom stereocenters. The van der Waals surface area contributed by atoms with Gasteiger partial charge in [-0.2, -0.15) is 4.39 Å². The first-order chi connectivity index (χ1) is 8.65. The molecule has 0 heterocycles. The van der Waals surface area contributed by atoms with Crippen molar-refractivity contribution in [3.63, 3.8) is 0 Å². The fourth-order valence-electron chi connectivity index (χ4n) is 1.22. The van der Waals surface area contributed by atoms with Gasteiger partial charge in [-0.3, -0.25) is 0 Å². The molecule has 0 fully saturated rings. The monoisotopic (exact) mass is 320 g/mol. The fourth-order valence-corrected chi connectivity index (χ4v) is 1.49. The van der Waals surface area contributed by atoms with E-state index in [-0.39, 0.29) is 13.6 Å². The van der Waals surface area contributed by atoms with Crippen LogP contribution in [0.25, 0.3) is 6.08 Å². The second-order valence-corrected chi connectivity index (χ2v) is 4.03. The van der Waals surface area contributed by atoms with Crippen molar-refractivity contribution in [3.8, 4) is 11.5 Å². The van der Waals surface area contributed by atoms with Crippen LogP contribution in [-0.2, 0) is 9.47 Å². The minimum Gasteiger partial charge on any atom is -0.467 e. The molecule has 1 rings (SSSR count). The van der Waals surface area contributed by atoms with Crippen LogP contribution >= 0.6 is 15.9 Å². The first-order valence-corrected chi connectivity index (χ1v) is 5.86. The van der Waals surface area contributed by atoms with Gasteiger partial charge in [-0.25, -0.2) is 0 Å². The summed E-state index contributed by atoms with van der Waals surface area (Å²) in [5.41, 5.74) is 0.601. The summed E-state index contributed by atoms with van der Waals surface area (Å²) in [6.45, 7) is 0.210. The van der Waals surface area contributed by atoms with Gasteiger partial charge in [0.2, 0.25) is 0 Å². The number of methoxy groups -OCH3 is 2. The zero-order valence-corrected chi connectivity index (χ0v) is 11.7. The molecule has 6 heteroatoms. The molecule has 0 amide bonds. The van der Waals surface area contributed by atoms with Crippen molar-refractivity contribution >= 4 is 22.0 Å². The molecule has 4 nitrogen and oxygen atoms in total. The molecule has 0 aliphatic carbocycles. The maximum absolute atomic E-state index is 12.8. The van der Waals surface area contributed by atoms with E-state index in [1.165, 1.54) is 20.3 Å². The summed E-state index contributed by atoms with van der Waals surface area (Å²) in [5.74, 6) is 1.04. The Morgan fingerprint density at radius 2 is 1.61 bits per heavy atom. The van der Waals surface area contributed by atoms with Crippen LogP contribution in [0.5, 0.6) is 11.5 Å². The van der Waals surface area contributed by atoms with Crippen LogP contribution in [0.3, 0.4) is 0 Å². The van der Waals surface area contributed by atoms with E-state index in [0.29, 0.717) is 17.1 Å². The van der Waals surface area contributed by atoms with Crippen LogP contribution in [0.15, 0.2) is 22.9 Å². The molecule has 0 saturated heterocycles. The molecule has 0 aliphatic rings. The lowest BCUT2D eigenvalue weighted by Gasteiger charge is -2.10. The Kier molecular flexibility index (Phi) is 6.70. The van der Waals surface area contributed by atoms with Gasteiger partial charge in [-0.1, -0.05) is 0 Å². The molecular weight excluding hydrogens is 307 g/mol. The highest BCUT2D eigenvalue weighted by molar-refractivity contribution is 9.11. The molecule has 0 radical (unpaired) electrons. The third kappa shape index (κ3) is 5.48. The molecule has 1 aromatic carbocycles. The first kappa shape index (κ1) is 14.9. The van der Waals surface area contributed by atoms with Gasteiger partial charge >= 0.3 is 0 Å². The second-order valence-electron chi connectivity index (χ2n) is 3.27. The number of hydrogen-bond donors (Lipinski definition) is 0. The lowest BCUT2D eigenvalue weighted by Crippen LogP contribution is -2.02. The number of ether oxygens (including phenoxy) is 4. The second kappa shape index (κ2) is 8.07. The Hall–Kier alpha value is -1.11. The maximum Gasteiger partial charge on any atom is 0.188 e. The number of hydrogen-bond acceptors (Lipinski definition) is 4. The predicted octanol–water partition coefficient (Wildman–Crippen LogP) is 3.31. The van der Waals surface area contributed by atoms with Crippen LogP contribution in [0.2, 0.25) is 0 Å². The van der Waals surface area contributed by atoms with E-state index in [1.807, 2.05) is 0 Å². The van der Waals surface area contributed by atoms with Gasteiger partial charge in [0.15, 0.2) is 18.3 Å². The highest BCUT2D eigenvalue weighted by atomic mass is 79.9. The van der Waals surface area contributed by atoms with Crippen LogP contribution < -0.4 is 9.47 Å². The van der Waals surface area contributed by atoms with E-state index in [2.05, 4.69) is 15.9 Å². The average molecular weight is 321 g/mol.